The third-order valence-electron chi connectivity index (χ3n) is 1.98. The molecule has 2 amide bonds. The van der Waals surface area contributed by atoms with Crippen LogP contribution >= 0.6 is 0 Å². The minimum Gasteiger partial charge on any atom is -0.467 e. The molecule has 0 saturated heterocycles. The summed E-state index contributed by atoms with van der Waals surface area (Å²) in [5.41, 5.74) is 0.838. The summed E-state index contributed by atoms with van der Waals surface area (Å²) in [6.07, 6.45) is 2.32. The topological polar surface area (TPSA) is 54.6 Å². The summed E-state index contributed by atoms with van der Waals surface area (Å²) in [5.74, 6) is 0.780. The predicted molar refractivity (Wildman–Crippen MR) is 47.7 cm³/mol. The minimum atomic E-state index is -0.287. The number of furan rings is 1. The SMILES string of the molecule is CC1=NC(=O)NC(c2ccco2)C1. The molecule has 2 rings (SSSR count). The first kappa shape index (κ1) is 8.04. The van der Waals surface area contributed by atoms with Gasteiger partial charge >= 0.3 is 6.03 Å². The number of carbonyl (C=O) groups excluding carboxylic acids is 1. The molecule has 1 unspecified atom stereocenters. The predicted octanol–water partition coefficient (Wildman–Crippen LogP) is 1.89. The number of nitrogens with one attached hydrogen (secondary N) is 1. The molecule has 2 heterocycles. The lowest BCUT2D eigenvalue weighted by Gasteiger charge is -2.19. The zero-order chi connectivity index (χ0) is 9.26. The highest BCUT2D eigenvalue weighted by Gasteiger charge is 2.21. The zero-order valence-corrected chi connectivity index (χ0v) is 7.28. The van der Waals surface area contributed by atoms with E-state index in [0.29, 0.717) is 0 Å². The van der Waals surface area contributed by atoms with E-state index in [1.54, 1.807) is 6.26 Å². The van der Waals surface area contributed by atoms with Crippen LogP contribution in [0, 0.1) is 0 Å². The molecule has 1 aromatic rings. The molecule has 1 N–H and O–H groups in total. The van der Waals surface area contributed by atoms with Gasteiger partial charge in [0.1, 0.15) is 5.76 Å². The number of hydrogen-bond donors (Lipinski definition) is 1. The van der Waals surface area contributed by atoms with Gasteiger partial charge in [0, 0.05) is 12.1 Å². The fraction of sp³-hybridized carbons (Fsp3) is 0.333. The largest absolute Gasteiger partial charge is 0.467 e. The molecule has 68 valence electrons. The van der Waals surface area contributed by atoms with Crippen LogP contribution < -0.4 is 5.32 Å². The number of carbonyl (C=O) groups is 1. The second-order valence-corrected chi connectivity index (χ2v) is 3.07. The van der Waals surface area contributed by atoms with Crippen LogP contribution in [0.3, 0.4) is 0 Å². The summed E-state index contributed by atoms with van der Waals surface area (Å²) in [6.45, 7) is 1.84. The maximum absolute atomic E-state index is 11.0. The third kappa shape index (κ3) is 1.61. The van der Waals surface area contributed by atoms with Crippen LogP contribution in [0.15, 0.2) is 27.8 Å². The summed E-state index contributed by atoms with van der Waals surface area (Å²) in [5, 5.41) is 2.73. The number of urea groups is 1. The molecule has 1 aliphatic rings. The van der Waals surface area contributed by atoms with Crippen LogP contribution in [-0.2, 0) is 0 Å². The van der Waals surface area contributed by atoms with E-state index in [2.05, 4.69) is 10.3 Å². The van der Waals surface area contributed by atoms with Crippen molar-refractivity contribution in [2.45, 2.75) is 19.4 Å². The van der Waals surface area contributed by atoms with E-state index in [9.17, 15) is 4.79 Å². The van der Waals surface area contributed by atoms with Crippen LogP contribution in [0.2, 0.25) is 0 Å². The van der Waals surface area contributed by atoms with Crippen LogP contribution in [0.1, 0.15) is 25.1 Å². The highest BCUT2D eigenvalue weighted by molar-refractivity contribution is 5.96. The Labute approximate surface area is 75.7 Å². The Balaban J connectivity index is 2.20. The monoisotopic (exact) mass is 178 g/mol. The van der Waals surface area contributed by atoms with Crippen molar-refractivity contribution < 1.29 is 9.21 Å². The van der Waals surface area contributed by atoms with Gasteiger partial charge in [-0.1, -0.05) is 0 Å². The smallest absolute Gasteiger partial charge is 0.341 e. The average Bonchev–Trinajstić information content (AvgIpc) is 2.53. The summed E-state index contributed by atoms with van der Waals surface area (Å²) in [4.78, 5) is 14.8. The molecule has 4 nitrogen and oxygen atoms in total. The lowest BCUT2D eigenvalue weighted by atomic mass is 10.1. The Bertz CT molecular complexity index is 341. The quantitative estimate of drug-likeness (QED) is 0.713. The van der Waals surface area contributed by atoms with Gasteiger partial charge in [-0.25, -0.2) is 9.79 Å². The Morgan fingerprint density at radius 2 is 2.54 bits per heavy atom. The fourth-order valence-corrected chi connectivity index (χ4v) is 1.41. The van der Waals surface area contributed by atoms with E-state index in [4.69, 9.17) is 4.42 Å². The van der Waals surface area contributed by atoms with Crippen LogP contribution in [-0.4, -0.2) is 11.7 Å². The zero-order valence-electron chi connectivity index (χ0n) is 7.28. The second-order valence-electron chi connectivity index (χ2n) is 3.07. The molecule has 0 bridgehead atoms. The van der Waals surface area contributed by atoms with Crippen molar-refractivity contribution in [3.05, 3.63) is 24.2 Å². The molecule has 0 spiro atoms. The highest BCUT2D eigenvalue weighted by Crippen LogP contribution is 2.20. The molecule has 13 heavy (non-hydrogen) atoms. The molecule has 1 atom stereocenters. The van der Waals surface area contributed by atoms with Gasteiger partial charge in [-0.3, -0.25) is 0 Å². The van der Waals surface area contributed by atoms with Crippen molar-refractivity contribution in [1.82, 2.24) is 5.32 Å². The van der Waals surface area contributed by atoms with Gasteiger partial charge in [0.2, 0.25) is 0 Å². The van der Waals surface area contributed by atoms with E-state index in [1.807, 2.05) is 19.1 Å². The summed E-state index contributed by atoms with van der Waals surface area (Å²) < 4.78 is 5.20. The van der Waals surface area contributed by atoms with Crippen molar-refractivity contribution in [2.75, 3.05) is 0 Å². The summed E-state index contributed by atoms with van der Waals surface area (Å²) in [6, 6.07) is 3.32. The van der Waals surface area contributed by atoms with Crippen LogP contribution in [0.25, 0.3) is 0 Å². The molecule has 0 aromatic carbocycles. The van der Waals surface area contributed by atoms with Gasteiger partial charge in [-0.15, -0.1) is 0 Å². The van der Waals surface area contributed by atoms with Gasteiger partial charge in [0.05, 0.1) is 12.3 Å². The van der Waals surface area contributed by atoms with E-state index in [0.717, 1.165) is 17.9 Å². The normalized spacial score (nSPS) is 22.4. The lowest BCUT2D eigenvalue weighted by Crippen LogP contribution is -2.32. The van der Waals surface area contributed by atoms with Gasteiger partial charge in [0.15, 0.2) is 0 Å². The Morgan fingerprint density at radius 1 is 1.69 bits per heavy atom. The Morgan fingerprint density at radius 3 is 3.15 bits per heavy atom. The second kappa shape index (κ2) is 3.05. The molecular weight excluding hydrogens is 168 g/mol. The van der Waals surface area contributed by atoms with Gasteiger partial charge < -0.3 is 9.73 Å². The maximum Gasteiger partial charge on any atom is 0.341 e. The number of amides is 2. The summed E-state index contributed by atoms with van der Waals surface area (Å²) >= 11 is 0. The van der Waals surface area contributed by atoms with E-state index in [-0.39, 0.29) is 12.1 Å². The first-order valence-corrected chi connectivity index (χ1v) is 4.14. The number of aliphatic imine (C=N–C) groups is 1. The van der Waals surface area contributed by atoms with Crippen LogP contribution in [0.5, 0.6) is 0 Å². The summed E-state index contributed by atoms with van der Waals surface area (Å²) in [7, 11) is 0. The molecule has 0 radical (unpaired) electrons. The third-order valence-corrected chi connectivity index (χ3v) is 1.98. The standard InChI is InChI=1S/C9H10N2O2/c1-6-5-7(11-9(12)10-6)8-3-2-4-13-8/h2-4,7H,5H2,1H3,(H,11,12). The molecule has 0 fully saturated rings. The first-order valence-electron chi connectivity index (χ1n) is 4.14. The van der Waals surface area contributed by atoms with Crippen molar-refractivity contribution in [3.63, 3.8) is 0 Å². The van der Waals surface area contributed by atoms with Crippen molar-refractivity contribution in [3.8, 4) is 0 Å². The number of nitrogens with zero attached hydrogens (tertiary/aromatic N) is 1. The van der Waals surface area contributed by atoms with Crippen molar-refractivity contribution in [1.29, 1.82) is 0 Å². The van der Waals surface area contributed by atoms with E-state index >= 15 is 0 Å². The molecule has 0 aliphatic carbocycles. The minimum absolute atomic E-state index is 0.0556. The van der Waals surface area contributed by atoms with E-state index < -0.39 is 0 Å². The average molecular weight is 178 g/mol. The first-order chi connectivity index (χ1) is 6.25. The molecular formula is C9H10N2O2. The van der Waals surface area contributed by atoms with Crippen LogP contribution in [0.4, 0.5) is 4.79 Å². The Kier molecular flexibility index (Phi) is 1.88. The Hall–Kier alpha value is -1.58. The number of hydrogen-bond acceptors (Lipinski definition) is 2. The molecule has 4 heteroatoms. The van der Waals surface area contributed by atoms with Gasteiger partial charge in [-0.2, -0.15) is 0 Å². The highest BCUT2D eigenvalue weighted by atomic mass is 16.3. The molecule has 1 aromatic heterocycles. The van der Waals surface area contributed by atoms with Gasteiger partial charge in [-0.05, 0) is 19.1 Å². The fourth-order valence-electron chi connectivity index (χ4n) is 1.41. The lowest BCUT2D eigenvalue weighted by molar-refractivity contribution is 0.242. The molecule has 0 saturated carbocycles. The van der Waals surface area contributed by atoms with Gasteiger partial charge in [0.25, 0.3) is 0 Å². The van der Waals surface area contributed by atoms with Crippen molar-refractivity contribution >= 4 is 11.7 Å². The van der Waals surface area contributed by atoms with E-state index in [1.165, 1.54) is 0 Å². The van der Waals surface area contributed by atoms with Crippen molar-refractivity contribution in [2.24, 2.45) is 4.99 Å². The molecule has 1 aliphatic heterocycles. The number of rotatable bonds is 1. The maximum atomic E-state index is 11.0.